The summed E-state index contributed by atoms with van der Waals surface area (Å²) in [5, 5.41) is 9.48. The van der Waals surface area contributed by atoms with Gasteiger partial charge < -0.3 is 10.6 Å². The van der Waals surface area contributed by atoms with Gasteiger partial charge in [0.25, 0.3) is 5.56 Å². The van der Waals surface area contributed by atoms with Gasteiger partial charge in [0.2, 0.25) is 5.95 Å². The molecule has 188 valence electrons. The van der Waals surface area contributed by atoms with Crippen LogP contribution in [0.1, 0.15) is 36.0 Å². The molecule has 4 aromatic rings. The summed E-state index contributed by atoms with van der Waals surface area (Å²) < 4.78 is 41.1. The number of nitriles is 1. The predicted octanol–water partition coefficient (Wildman–Crippen LogP) is 2.82. The average molecular weight is 520 g/mol. The fraction of sp³-hybridized carbons (Fsp3) is 0.240. The van der Waals surface area contributed by atoms with Gasteiger partial charge in [0, 0.05) is 12.8 Å². The summed E-state index contributed by atoms with van der Waals surface area (Å²) in [4.78, 5) is 28.3. The molecule has 0 spiro atoms. The molecule has 0 aliphatic carbocycles. The monoisotopic (exact) mass is 519 g/mol. The second kappa shape index (κ2) is 8.94. The van der Waals surface area contributed by atoms with Crippen molar-refractivity contribution >= 4 is 32.5 Å². The van der Waals surface area contributed by atoms with Crippen LogP contribution in [0.2, 0.25) is 0 Å². The minimum absolute atomic E-state index is 0.0114. The predicted molar refractivity (Wildman–Crippen MR) is 136 cm³/mol. The number of nitrogens with two attached hydrogens (primary N) is 1. The van der Waals surface area contributed by atoms with Gasteiger partial charge in [-0.2, -0.15) is 10.2 Å². The lowest BCUT2D eigenvalue weighted by Crippen LogP contribution is -2.33. The van der Waals surface area contributed by atoms with Crippen LogP contribution in [0.5, 0.6) is 0 Å². The molecule has 12 heteroatoms. The summed E-state index contributed by atoms with van der Waals surface area (Å²) in [7, 11) is -4.09. The highest BCUT2D eigenvalue weighted by Gasteiger charge is 2.35. The topological polar surface area (TPSA) is 148 Å². The fourth-order valence-corrected chi connectivity index (χ4v) is 5.84. The number of sulfone groups is 1. The maximum absolute atomic E-state index is 14.8. The Bertz CT molecular complexity index is 1770. The number of aromatic nitrogens is 4. The van der Waals surface area contributed by atoms with Crippen LogP contribution in [0.4, 0.5) is 16.2 Å². The van der Waals surface area contributed by atoms with Crippen LogP contribution in [-0.4, -0.2) is 40.7 Å². The highest BCUT2D eigenvalue weighted by Crippen LogP contribution is 2.38. The molecule has 1 aliphatic heterocycles. The first-order chi connectivity index (χ1) is 17.6. The van der Waals surface area contributed by atoms with E-state index < -0.39 is 32.2 Å². The van der Waals surface area contributed by atoms with E-state index in [1.807, 2.05) is 4.90 Å². The molecule has 1 saturated heterocycles. The summed E-state index contributed by atoms with van der Waals surface area (Å²) in [5.41, 5.74) is 6.37. The normalized spacial score (nSPS) is 15.7. The molecule has 0 radical (unpaired) electrons. The van der Waals surface area contributed by atoms with E-state index in [-0.39, 0.29) is 22.4 Å². The molecule has 0 bridgehead atoms. The van der Waals surface area contributed by atoms with E-state index in [9.17, 15) is 22.9 Å². The van der Waals surface area contributed by atoms with Crippen LogP contribution in [0.25, 0.3) is 16.6 Å². The molecule has 10 nitrogen and oxygen atoms in total. The van der Waals surface area contributed by atoms with E-state index in [1.165, 1.54) is 10.6 Å². The standard InChI is InChI=1S/C25H22FN7O3S/c1-14-16(13-27)22(31-25(28)29-14)32-12-6-9-19(32)23-30-18-11-10-17(26)21(37(2,35)36)20(18)24(34)33(23)15-7-4-3-5-8-15/h3-5,7-8,10-11,19H,6,9,12H2,1-2H3,(H2,28,29,31)/t19-/m0/s1. The van der Waals surface area contributed by atoms with Crippen molar-refractivity contribution in [2.45, 2.75) is 30.7 Å². The van der Waals surface area contributed by atoms with Crippen molar-refractivity contribution < 1.29 is 12.8 Å². The molecule has 3 heterocycles. The second-order valence-corrected chi connectivity index (χ2v) is 10.8. The van der Waals surface area contributed by atoms with Gasteiger partial charge in [0.15, 0.2) is 15.7 Å². The fourth-order valence-electron chi connectivity index (χ4n) is 4.85. The first kappa shape index (κ1) is 24.3. The summed E-state index contributed by atoms with van der Waals surface area (Å²) >= 11 is 0. The van der Waals surface area contributed by atoms with Crippen LogP contribution in [0, 0.1) is 24.1 Å². The van der Waals surface area contributed by atoms with Crippen LogP contribution < -0.4 is 16.2 Å². The van der Waals surface area contributed by atoms with E-state index in [0.717, 1.165) is 12.3 Å². The van der Waals surface area contributed by atoms with E-state index in [1.54, 1.807) is 37.3 Å². The van der Waals surface area contributed by atoms with Crippen molar-refractivity contribution in [2.24, 2.45) is 0 Å². The number of rotatable bonds is 4. The zero-order valence-electron chi connectivity index (χ0n) is 20.0. The number of anilines is 2. The van der Waals surface area contributed by atoms with Gasteiger partial charge in [-0.3, -0.25) is 9.36 Å². The van der Waals surface area contributed by atoms with Crippen LogP contribution in [0.15, 0.2) is 52.2 Å². The zero-order chi connectivity index (χ0) is 26.5. The Hall–Kier alpha value is -4.37. The molecule has 0 saturated carbocycles. The lowest BCUT2D eigenvalue weighted by Gasteiger charge is -2.28. The Morgan fingerprint density at radius 3 is 2.54 bits per heavy atom. The van der Waals surface area contributed by atoms with Gasteiger partial charge in [0.05, 0.1) is 28.3 Å². The molecule has 2 N–H and O–H groups in total. The van der Waals surface area contributed by atoms with Crippen LogP contribution >= 0.6 is 0 Å². The van der Waals surface area contributed by atoms with Gasteiger partial charge >= 0.3 is 0 Å². The Morgan fingerprint density at radius 1 is 1.14 bits per heavy atom. The maximum Gasteiger partial charge on any atom is 0.267 e. The Labute approximate surface area is 211 Å². The summed E-state index contributed by atoms with van der Waals surface area (Å²) in [6.07, 6.45) is 2.13. The molecule has 2 aromatic heterocycles. The summed E-state index contributed by atoms with van der Waals surface area (Å²) in [5.74, 6) is -0.363. The van der Waals surface area contributed by atoms with E-state index in [2.05, 4.69) is 16.0 Å². The number of nitrogen functional groups attached to an aromatic ring is 1. The largest absolute Gasteiger partial charge is 0.368 e. The Morgan fingerprint density at radius 2 is 1.86 bits per heavy atom. The Kier molecular flexibility index (Phi) is 5.88. The quantitative estimate of drug-likeness (QED) is 0.430. The smallest absolute Gasteiger partial charge is 0.267 e. The van der Waals surface area contributed by atoms with Crippen molar-refractivity contribution in [1.82, 2.24) is 19.5 Å². The minimum Gasteiger partial charge on any atom is -0.368 e. The molecule has 1 fully saturated rings. The van der Waals surface area contributed by atoms with Gasteiger partial charge in [0.1, 0.15) is 28.2 Å². The molecular weight excluding hydrogens is 497 g/mol. The second-order valence-electron chi connectivity index (χ2n) is 8.82. The lowest BCUT2D eigenvalue weighted by molar-refractivity contribution is 0.572. The molecule has 1 atom stereocenters. The van der Waals surface area contributed by atoms with E-state index in [0.29, 0.717) is 42.4 Å². The lowest BCUT2D eigenvalue weighted by atomic mass is 10.1. The highest BCUT2D eigenvalue weighted by molar-refractivity contribution is 7.91. The molecule has 37 heavy (non-hydrogen) atoms. The van der Waals surface area contributed by atoms with Gasteiger partial charge in [-0.15, -0.1) is 0 Å². The highest BCUT2D eigenvalue weighted by atomic mass is 32.2. The number of hydrogen-bond donors (Lipinski definition) is 1. The number of halogens is 1. The number of nitrogens with zero attached hydrogens (tertiary/aromatic N) is 6. The first-order valence-electron chi connectivity index (χ1n) is 11.4. The van der Waals surface area contributed by atoms with Gasteiger partial charge in [-0.05, 0) is 44.0 Å². The molecule has 2 aromatic carbocycles. The summed E-state index contributed by atoms with van der Waals surface area (Å²) in [6.45, 7) is 2.18. The molecule has 0 unspecified atom stereocenters. The van der Waals surface area contributed by atoms with E-state index in [4.69, 9.17) is 10.7 Å². The maximum atomic E-state index is 14.8. The zero-order valence-corrected chi connectivity index (χ0v) is 20.8. The number of para-hydroxylation sites is 1. The number of hydrogen-bond acceptors (Lipinski definition) is 9. The van der Waals surface area contributed by atoms with Crippen LogP contribution in [0.3, 0.4) is 0 Å². The summed E-state index contributed by atoms with van der Waals surface area (Å²) in [6, 6.07) is 12.5. The van der Waals surface area contributed by atoms with Crippen LogP contribution in [-0.2, 0) is 9.84 Å². The van der Waals surface area contributed by atoms with Crippen molar-refractivity contribution in [3.63, 3.8) is 0 Å². The SMILES string of the molecule is Cc1nc(N)nc(N2CCC[C@H]2c2nc3ccc(F)c(S(C)(=O)=O)c3c(=O)n2-c2ccccc2)c1C#N. The van der Waals surface area contributed by atoms with E-state index >= 15 is 0 Å². The number of benzene rings is 2. The molecule has 1 aliphatic rings. The van der Waals surface area contributed by atoms with Crippen molar-refractivity contribution in [2.75, 3.05) is 23.4 Å². The van der Waals surface area contributed by atoms with Crippen molar-refractivity contribution in [3.8, 4) is 11.8 Å². The van der Waals surface area contributed by atoms with Gasteiger partial charge in [-0.1, -0.05) is 18.2 Å². The third-order valence-corrected chi connectivity index (χ3v) is 7.52. The first-order valence-corrected chi connectivity index (χ1v) is 13.3. The third kappa shape index (κ3) is 4.07. The minimum atomic E-state index is -4.09. The molecular formula is C25H22FN7O3S. The van der Waals surface area contributed by atoms with Crippen molar-refractivity contribution in [1.29, 1.82) is 5.26 Å². The van der Waals surface area contributed by atoms with Gasteiger partial charge in [-0.25, -0.2) is 22.8 Å². The number of aryl methyl sites for hydroxylation is 1. The number of fused-ring (bicyclic) bond motifs is 1. The average Bonchev–Trinajstić information content (AvgIpc) is 3.33. The molecule has 0 amide bonds. The molecule has 5 rings (SSSR count). The van der Waals surface area contributed by atoms with Crippen molar-refractivity contribution in [3.05, 3.63) is 75.7 Å². The Balaban J connectivity index is 1.85. The third-order valence-electron chi connectivity index (χ3n) is 6.38.